The van der Waals surface area contributed by atoms with E-state index in [-0.39, 0.29) is 17.9 Å². The van der Waals surface area contributed by atoms with Crippen LogP contribution in [0.2, 0.25) is 0 Å². The highest BCUT2D eigenvalue weighted by molar-refractivity contribution is 5.95. The number of aromatic nitrogens is 3. The lowest BCUT2D eigenvalue weighted by Gasteiger charge is -2.31. The van der Waals surface area contributed by atoms with Gasteiger partial charge in [-0.25, -0.2) is 0 Å². The van der Waals surface area contributed by atoms with Crippen molar-refractivity contribution in [2.75, 3.05) is 19.7 Å². The highest BCUT2D eigenvalue weighted by Gasteiger charge is 2.30. The van der Waals surface area contributed by atoms with E-state index < -0.39 is 0 Å². The summed E-state index contributed by atoms with van der Waals surface area (Å²) in [7, 11) is 0. The predicted octanol–water partition coefficient (Wildman–Crippen LogP) is 2.36. The number of pyridine rings is 1. The van der Waals surface area contributed by atoms with E-state index in [1.165, 1.54) is 0 Å². The van der Waals surface area contributed by atoms with Gasteiger partial charge in [-0.05, 0) is 18.1 Å². The van der Waals surface area contributed by atoms with Gasteiger partial charge in [0.25, 0.3) is 5.91 Å². The molecule has 0 spiro atoms. The van der Waals surface area contributed by atoms with E-state index in [9.17, 15) is 4.79 Å². The van der Waals surface area contributed by atoms with Crippen LogP contribution < -0.4 is 0 Å². The Morgan fingerprint density at radius 2 is 2.25 bits per heavy atom. The molecule has 7 heteroatoms. The Bertz CT molecular complexity index is 713. The van der Waals surface area contributed by atoms with Crippen molar-refractivity contribution >= 4 is 5.91 Å². The molecule has 2 aromatic heterocycles. The molecule has 1 aliphatic heterocycles. The van der Waals surface area contributed by atoms with Crippen LogP contribution in [0.5, 0.6) is 0 Å². The van der Waals surface area contributed by atoms with Crippen LogP contribution in [0.3, 0.4) is 0 Å². The molecule has 1 fully saturated rings. The summed E-state index contributed by atoms with van der Waals surface area (Å²) in [5, 5.41) is 8.11. The lowest BCUT2D eigenvalue weighted by atomic mass is 10.1. The summed E-state index contributed by atoms with van der Waals surface area (Å²) < 4.78 is 11.4. The summed E-state index contributed by atoms with van der Waals surface area (Å²) in [5.41, 5.74) is 1.65. The van der Waals surface area contributed by atoms with E-state index in [0.29, 0.717) is 37.0 Å². The molecule has 0 N–H and O–H groups in total. The van der Waals surface area contributed by atoms with Gasteiger partial charge in [-0.3, -0.25) is 9.78 Å². The van der Waals surface area contributed by atoms with Crippen LogP contribution in [0.25, 0.3) is 0 Å². The molecule has 0 aromatic carbocycles. The van der Waals surface area contributed by atoms with Gasteiger partial charge in [0.15, 0.2) is 6.10 Å². The third-order valence-corrected chi connectivity index (χ3v) is 4.09. The summed E-state index contributed by atoms with van der Waals surface area (Å²) in [6, 6.07) is 1.77. The zero-order chi connectivity index (χ0) is 17.1. The van der Waals surface area contributed by atoms with Gasteiger partial charge in [0.1, 0.15) is 0 Å². The average Bonchev–Trinajstić information content (AvgIpc) is 3.11. The Hall–Kier alpha value is -2.28. The minimum atomic E-state index is -0.380. The Kier molecular flexibility index (Phi) is 4.89. The molecule has 1 atom stereocenters. The van der Waals surface area contributed by atoms with Crippen molar-refractivity contribution in [2.24, 2.45) is 0 Å². The lowest BCUT2D eigenvalue weighted by Crippen LogP contribution is -2.42. The fourth-order valence-electron chi connectivity index (χ4n) is 2.68. The van der Waals surface area contributed by atoms with Crippen molar-refractivity contribution in [1.82, 2.24) is 20.1 Å². The maximum Gasteiger partial charge on any atom is 0.254 e. The van der Waals surface area contributed by atoms with Gasteiger partial charge in [-0.2, -0.15) is 0 Å². The number of morpholine rings is 1. The predicted molar refractivity (Wildman–Crippen MR) is 86.6 cm³/mol. The molecule has 0 bridgehead atoms. The SMILES string of the molecule is CCc1cnccc1C(=O)N1CCOC(c2nnc(C(C)C)o2)C1. The van der Waals surface area contributed by atoms with E-state index in [2.05, 4.69) is 15.2 Å². The lowest BCUT2D eigenvalue weighted by molar-refractivity contribution is -0.0351. The highest BCUT2D eigenvalue weighted by atomic mass is 16.5. The van der Waals surface area contributed by atoms with Crippen molar-refractivity contribution in [3.05, 3.63) is 41.4 Å². The summed E-state index contributed by atoms with van der Waals surface area (Å²) in [5.74, 6) is 1.17. The molecule has 3 rings (SSSR count). The van der Waals surface area contributed by atoms with Crippen LogP contribution in [-0.4, -0.2) is 45.7 Å². The number of carbonyl (C=O) groups is 1. The zero-order valence-electron chi connectivity index (χ0n) is 14.2. The molecule has 1 amide bonds. The first kappa shape index (κ1) is 16.6. The molecule has 0 aliphatic carbocycles. The van der Waals surface area contributed by atoms with Crippen LogP contribution in [0.1, 0.15) is 60.5 Å². The number of rotatable bonds is 4. The topological polar surface area (TPSA) is 81.4 Å². The Morgan fingerprint density at radius 3 is 2.96 bits per heavy atom. The molecular formula is C17H22N4O3. The number of nitrogens with zero attached hydrogens (tertiary/aromatic N) is 4. The highest BCUT2D eigenvalue weighted by Crippen LogP contribution is 2.24. The standard InChI is InChI=1S/C17H22N4O3/c1-4-12-9-18-6-5-13(12)17(22)21-7-8-23-14(10-21)16-20-19-15(24-16)11(2)3/h5-6,9,11,14H,4,7-8,10H2,1-3H3. The van der Waals surface area contributed by atoms with E-state index in [1.54, 1.807) is 23.4 Å². The fraction of sp³-hybridized carbons (Fsp3) is 0.529. The summed E-state index contributed by atoms with van der Waals surface area (Å²) in [6.07, 6.45) is 3.79. The van der Waals surface area contributed by atoms with Gasteiger partial charge in [-0.1, -0.05) is 20.8 Å². The van der Waals surface area contributed by atoms with Gasteiger partial charge in [0.2, 0.25) is 11.8 Å². The zero-order valence-corrected chi connectivity index (χ0v) is 14.2. The minimum Gasteiger partial charge on any atom is -0.422 e. The second-order valence-corrected chi connectivity index (χ2v) is 6.13. The Morgan fingerprint density at radius 1 is 1.42 bits per heavy atom. The quantitative estimate of drug-likeness (QED) is 0.856. The molecule has 3 heterocycles. The number of amides is 1. The van der Waals surface area contributed by atoms with Crippen molar-refractivity contribution in [3.8, 4) is 0 Å². The van der Waals surface area contributed by atoms with Crippen LogP contribution in [0, 0.1) is 0 Å². The number of aryl methyl sites for hydroxylation is 1. The molecular weight excluding hydrogens is 308 g/mol. The monoisotopic (exact) mass is 330 g/mol. The van der Waals surface area contributed by atoms with E-state index in [4.69, 9.17) is 9.15 Å². The Balaban J connectivity index is 1.76. The van der Waals surface area contributed by atoms with Gasteiger partial charge < -0.3 is 14.1 Å². The summed E-state index contributed by atoms with van der Waals surface area (Å²) in [4.78, 5) is 18.7. The molecule has 128 valence electrons. The molecule has 1 saturated heterocycles. The van der Waals surface area contributed by atoms with Gasteiger partial charge in [0.05, 0.1) is 13.2 Å². The molecule has 0 saturated carbocycles. The van der Waals surface area contributed by atoms with Crippen molar-refractivity contribution in [1.29, 1.82) is 0 Å². The van der Waals surface area contributed by atoms with Gasteiger partial charge >= 0.3 is 0 Å². The molecule has 7 nitrogen and oxygen atoms in total. The van der Waals surface area contributed by atoms with Gasteiger partial charge in [-0.15, -0.1) is 10.2 Å². The maximum absolute atomic E-state index is 12.8. The first-order valence-electron chi connectivity index (χ1n) is 8.27. The largest absolute Gasteiger partial charge is 0.422 e. The molecule has 1 unspecified atom stereocenters. The second kappa shape index (κ2) is 7.09. The smallest absolute Gasteiger partial charge is 0.254 e. The second-order valence-electron chi connectivity index (χ2n) is 6.13. The van der Waals surface area contributed by atoms with Crippen LogP contribution in [-0.2, 0) is 11.2 Å². The van der Waals surface area contributed by atoms with E-state index in [1.807, 2.05) is 20.8 Å². The maximum atomic E-state index is 12.8. The Labute approximate surface area is 141 Å². The number of carbonyl (C=O) groups excluding carboxylic acids is 1. The van der Waals surface area contributed by atoms with Crippen molar-refractivity contribution in [2.45, 2.75) is 39.2 Å². The first-order valence-corrected chi connectivity index (χ1v) is 8.27. The minimum absolute atomic E-state index is 0.00820. The van der Waals surface area contributed by atoms with Crippen molar-refractivity contribution in [3.63, 3.8) is 0 Å². The first-order chi connectivity index (χ1) is 11.6. The van der Waals surface area contributed by atoms with Crippen molar-refractivity contribution < 1.29 is 13.9 Å². The third-order valence-electron chi connectivity index (χ3n) is 4.09. The molecule has 2 aromatic rings. The van der Waals surface area contributed by atoms with Crippen LogP contribution in [0.4, 0.5) is 0 Å². The number of hydrogen-bond donors (Lipinski definition) is 0. The van der Waals surface area contributed by atoms with E-state index >= 15 is 0 Å². The average molecular weight is 330 g/mol. The molecule has 1 aliphatic rings. The number of ether oxygens (including phenoxy) is 1. The number of hydrogen-bond acceptors (Lipinski definition) is 6. The molecule has 24 heavy (non-hydrogen) atoms. The third kappa shape index (κ3) is 3.31. The van der Waals surface area contributed by atoms with E-state index in [0.717, 1.165) is 12.0 Å². The van der Waals surface area contributed by atoms with Gasteiger partial charge in [0, 0.05) is 30.4 Å². The van der Waals surface area contributed by atoms with Crippen LogP contribution in [0.15, 0.2) is 22.9 Å². The van der Waals surface area contributed by atoms with Crippen LogP contribution >= 0.6 is 0 Å². The summed E-state index contributed by atoms with van der Waals surface area (Å²) >= 11 is 0. The summed E-state index contributed by atoms with van der Waals surface area (Å²) in [6.45, 7) is 7.40. The molecule has 0 radical (unpaired) electrons. The fourth-order valence-corrected chi connectivity index (χ4v) is 2.68. The normalized spacial score (nSPS) is 18.2.